The maximum absolute atomic E-state index is 12.4. The lowest BCUT2D eigenvalue weighted by molar-refractivity contribution is -0.139. The summed E-state index contributed by atoms with van der Waals surface area (Å²) in [6.45, 7) is 1.25. The van der Waals surface area contributed by atoms with Crippen molar-refractivity contribution in [3.63, 3.8) is 0 Å². The zero-order valence-electron chi connectivity index (χ0n) is 15.2. The highest BCUT2D eigenvalue weighted by Gasteiger charge is 2.15. The summed E-state index contributed by atoms with van der Waals surface area (Å²) in [6.07, 6.45) is 1.35. The zero-order chi connectivity index (χ0) is 20.7. The van der Waals surface area contributed by atoms with Gasteiger partial charge in [-0.1, -0.05) is 29.8 Å². The summed E-state index contributed by atoms with van der Waals surface area (Å²) < 4.78 is 10.3. The fourth-order valence-electron chi connectivity index (χ4n) is 2.32. The molecule has 0 heterocycles. The first kappa shape index (κ1) is 20.8. The summed E-state index contributed by atoms with van der Waals surface area (Å²) in [7, 11) is 1.36. The van der Waals surface area contributed by atoms with E-state index in [1.54, 1.807) is 12.1 Å². The van der Waals surface area contributed by atoms with Crippen LogP contribution < -0.4 is 14.8 Å². The van der Waals surface area contributed by atoms with E-state index in [1.807, 2.05) is 25.1 Å². The van der Waals surface area contributed by atoms with Gasteiger partial charge in [-0.05, 0) is 42.3 Å². The molecule has 28 heavy (non-hydrogen) atoms. The Kier molecular flexibility index (Phi) is 7.02. The minimum absolute atomic E-state index is 0.0617. The van der Waals surface area contributed by atoms with Gasteiger partial charge in [0.25, 0.3) is 5.91 Å². The van der Waals surface area contributed by atoms with Gasteiger partial charge in [-0.3, -0.25) is 4.79 Å². The van der Waals surface area contributed by atoms with Gasteiger partial charge in [-0.25, -0.2) is 4.79 Å². The number of methoxy groups -OCH3 is 1. The number of hydrogen-bond acceptors (Lipinski definition) is 5. The topological polar surface area (TPSA) is 109 Å². The molecule has 7 nitrogen and oxygen atoms in total. The highest BCUT2D eigenvalue weighted by atomic mass is 35.5. The van der Waals surface area contributed by atoms with Crippen LogP contribution in [0, 0.1) is 18.3 Å². The van der Waals surface area contributed by atoms with Gasteiger partial charge in [0.2, 0.25) is 0 Å². The maximum atomic E-state index is 12.4. The first-order valence-corrected chi connectivity index (χ1v) is 8.44. The van der Waals surface area contributed by atoms with Gasteiger partial charge in [-0.15, -0.1) is 0 Å². The van der Waals surface area contributed by atoms with Gasteiger partial charge >= 0.3 is 5.97 Å². The molecule has 8 heteroatoms. The molecular weight excluding hydrogens is 384 g/mol. The van der Waals surface area contributed by atoms with Crippen molar-refractivity contribution in [2.75, 3.05) is 19.0 Å². The van der Waals surface area contributed by atoms with Crippen molar-refractivity contribution in [2.45, 2.75) is 6.92 Å². The van der Waals surface area contributed by atoms with Crippen LogP contribution in [0.4, 0.5) is 5.69 Å². The Morgan fingerprint density at radius 2 is 2.04 bits per heavy atom. The monoisotopic (exact) mass is 400 g/mol. The molecule has 0 aliphatic rings. The third-order valence-electron chi connectivity index (χ3n) is 3.66. The van der Waals surface area contributed by atoms with Crippen molar-refractivity contribution in [3.8, 4) is 17.6 Å². The number of nitriles is 1. The largest absolute Gasteiger partial charge is 0.493 e. The number of carbonyl (C=O) groups excluding carboxylic acids is 1. The maximum Gasteiger partial charge on any atom is 0.341 e. The van der Waals surface area contributed by atoms with Crippen LogP contribution in [-0.4, -0.2) is 30.7 Å². The standard InChI is InChI=1S/C20H17ClN2O5/c1-12-5-3-4-6-16(12)23-20(26)14(10-22)7-13-8-15(21)19(17(9-13)27-2)28-11-18(24)25/h3-9H,11H2,1-2H3,(H,23,26)(H,24,25). The summed E-state index contributed by atoms with van der Waals surface area (Å²) in [5.74, 6) is -1.50. The predicted octanol–water partition coefficient (Wildman–Crippen LogP) is 3.67. The third kappa shape index (κ3) is 5.25. The quantitative estimate of drug-likeness (QED) is 0.542. The molecule has 0 aliphatic heterocycles. The predicted molar refractivity (Wildman–Crippen MR) is 105 cm³/mol. The van der Waals surface area contributed by atoms with Crippen LogP contribution in [0.15, 0.2) is 42.0 Å². The Labute approximate surface area is 166 Å². The lowest BCUT2D eigenvalue weighted by Gasteiger charge is -2.12. The van der Waals surface area contributed by atoms with Gasteiger partial charge in [0.05, 0.1) is 12.1 Å². The number of aliphatic carboxylic acids is 1. The highest BCUT2D eigenvalue weighted by Crippen LogP contribution is 2.37. The van der Waals surface area contributed by atoms with E-state index in [0.717, 1.165) is 5.56 Å². The van der Waals surface area contributed by atoms with Gasteiger partial charge in [0.15, 0.2) is 18.1 Å². The number of hydrogen-bond donors (Lipinski definition) is 2. The number of amides is 1. The van der Waals surface area contributed by atoms with Gasteiger partial charge < -0.3 is 19.9 Å². The number of carboxylic acids is 1. The van der Waals surface area contributed by atoms with Crippen LogP contribution in [0.25, 0.3) is 6.08 Å². The number of rotatable bonds is 7. The molecular formula is C20H17ClN2O5. The summed E-state index contributed by atoms with van der Waals surface area (Å²) >= 11 is 6.14. The molecule has 0 fully saturated rings. The van der Waals surface area contributed by atoms with Crippen LogP contribution in [0.5, 0.6) is 11.5 Å². The number of halogens is 1. The number of carboxylic acid groups (broad SMARTS) is 1. The van der Waals surface area contributed by atoms with Gasteiger partial charge in [-0.2, -0.15) is 5.26 Å². The average Bonchev–Trinajstić information content (AvgIpc) is 2.66. The zero-order valence-corrected chi connectivity index (χ0v) is 15.9. The first-order chi connectivity index (χ1) is 13.3. The molecule has 0 saturated carbocycles. The fourth-order valence-corrected chi connectivity index (χ4v) is 2.59. The Morgan fingerprint density at radius 3 is 2.64 bits per heavy atom. The lowest BCUT2D eigenvalue weighted by atomic mass is 10.1. The molecule has 0 aromatic heterocycles. The SMILES string of the molecule is COc1cc(C=C(C#N)C(=O)Nc2ccccc2C)cc(Cl)c1OCC(=O)O. The smallest absolute Gasteiger partial charge is 0.341 e. The molecule has 0 saturated heterocycles. The number of para-hydroxylation sites is 1. The van der Waals surface area contributed by atoms with Crippen LogP contribution in [0.1, 0.15) is 11.1 Å². The van der Waals surface area contributed by atoms with E-state index < -0.39 is 18.5 Å². The summed E-state index contributed by atoms with van der Waals surface area (Å²) in [6, 6.07) is 12.0. The van der Waals surface area contributed by atoms with E-state index in [0.29, 0.717) is 11.3 Å². The molecule has 0 bridgehead atoms. The number of benzene rings is 2. The second kappa shape index (κ2) is 9.44. The van der Waals surface area contributed by atoms with Crippen LogP contribution in [-0.2, 0) is 9.59 Å². The number of ether oxygens (including phenoxy) is 2. The fraction of sp³-hybridized carbons (Fsp3) is 0.150. The highest BCUT2D eigenvalue weighted by molar-refractivity contribution is 6.32. The van der Waals surface area contributed by atoms with Crippen molar-refractivity contribution >= 4 is 35.2 Å². The number of carbonyl (C=O) groups is 2. The number of nitrogens with zero attached hydrogens (tertiary/aromatic N) is 1. The molecule has 0 radical (unpaired) electrons. The van der Waals surface area contributed by atoms with E-state index in [2.05, 4.69) is 5.32 Å². The minimum atomic E-state index is -1.17. The molecule has 144 valence electrons. The summed E-state index contributed by atoms with van der Waals surface area (Å²) in [5.41, 5.74) is 1.74. The molecule has 0 aliphatic carbocycles. The Hall–Kier alpha value is -3.50. The average molecular weight is 401 g/mol. The normalized spacial score (nSPS) is 10.7. The van der Waals surface area contributed by atoms with Crippen molar-refractivity contribution in [1.82, 2.24) is 0 Å². The molecule has 0 spiro atoms. The van der Waals surface area contributed by atoms with E-state index in [1.165, 1.54) is 25.3 Å². The van der Waals surface area contributed by atoms with Crippen molar-refractivity contribution < 1.29 is 24.2 Å². The minimum Gasteiger partial charge on any atom is -0.493 e. The van der Waals surface area contributed by atoms with Crippen molar-refractivity contribution in [3.05, 3.63) is 58.1 Å². The van der Waals surface area contributed by atoms with Gasteiger partial charge in [0.1, 0.15) is 11.6 Å². The van der Waals surface area contributed by atoms with Crippen molar-refractivity contribution in [1.29, 1.82) is 5.26 Å². The second-order valence-corrected chi connectivity index (χ2v) is 6.06. The second-order valence-electron chi connectivity index (χ2n) is 5.66. The van der Waals surface area contributed by atoms with Crippen LogP contribution >= 0.6 is 11.6 Å². The number of anilines is 1. The first-order valence-electron chi connectivity index (χ1n) is 8.06. The molecule has 0 atom stereocenters. The van der Waals surface area contributed by atoms with Gasteiger partial charge in [0, 0.05) is 5.69 Å². The Balaban J connectivity index is 2.32. The molecule has 1 amide bonds. The summed E-state index contributed by atoms with van der Waals surface area (Å²) in [5, 5.41) is 20.9. The van der Waals surface area contributed by atoms with E-state index in [4.69, 9.17) is 26.2 Å². The molecule has 2 rings (SSSR count). The van der Waals surface area contributed by atoms with E-state index in [-0.39, 0.29) is 22.1 Å². The third-order valence-corrected chi connectivity index (χ3v) is 3.94. The lowest BCUT2D eigenvalue weighted by Crippen LogP contribution is -2.14. The number of nitrogens with one attached hydrogen (secondary N) is 1. The molecule has 2 aromatic carbocycles. The van der Waals surface area contributed by atoms with Crippen molar-refractivity contribution in [2.24, 2.45) is 0 Å². The Bertz CT molecular complexity index is 979. The molecule has 0 unspecified atom stereocenters. The van der Waals surface area contributed by atoms with E-state index in [9.17, 15) is 14.9 Å². The van der Waals surface area contributed by atoms with Crippen LogP contribution in [0.2, 0.25) is 5.02 Å². The molecule has 2 N–H and O–H groups in total. The van der Waals surface area contributed by atoms with E-state index >= 15 is 0 Å². The molecule has 2 aromatic rings. The Morgan fingerprint density at radius 1 is 1.32 bits per heavy atom. The summed E-state index contributed by atoms with van der Waals surface area (Å²) in [4.78, 5) is 23.1. The van der Waals surface area contributed by atoms with Crippen LogP contribution in [0.3, 0.4) is 0 Å². The number of aryl methyl sites for hydroxylation is 1.